The summed E-state index contributed by atoms with van der Waals surface area (Å²) >= 11 is 3.62. The van der Waals surface area contributed by atoms with E-state index in [4.69, 9.17) is 9.47 Å². The average molecular weight is 501 g/mol. The Morgan fingerprint density at radius 2 is 1.45 bits per heavy atom. The molecule has 8 nitrogen and oxygen atoms in total. The van der Waals surface area contributed by atoms with Crippen molar-refractivity contribution in [1.29, 1.82) is 0 Å². The van der Waals surface area contributed by atoms with Gasteiger partial charge < -0.3 is 9.47 Å². The summed E-state index contributed by atoms with van der Waals surface area (Å²) in [6, 6.07) is 6.43. The molecule has 31 heavy (non-hydrogen) atoms. The highest BCUT2D eigenvalue weighted by atomic mass is 79.9. The van der Waals surface area contributed by atoms with Gasteiger partial charge >= 0.3 is 11.9 Å². The third-order valence-electron chi connectivity index (χ3n) is 3.90. The number of halogens is 1. The minimum Gasteiger partial charge on any atom is -0.459 e. The Balaban J connectivity index is 2.71. The molecule has 0 heterocycles. The highest BCUT2D eigenvalue weighted by Gasteiger charge is 2.24. The van der Waals surface area contributed by atoms with E-state index in [-0.39, 0.29) is 23.6 Å². The summed E-state index contributed by atoms with van der Waals surface area (Å²) in [5.41, 5.74) is -0.197. The highest BCUT2D eigenvalue weighted by molar-refractivity contribution is 9.09. The molecule has 0 spiro atoms. The fourth-order valence-corrected chi connectivity index (χ4v) is 3.42. The van der Waals surface area contributed by atoms with Crippen molar-refractivity contribution >= 4 is 33.6 Å². The Hall–Kier alpha value is -2.00. The molecule has 0 bridgehead atoms. The van der Waals surface area contributed by atoms with Gasteiger partial charge in [-0.1, -0.05) is 28.1 Å². The number of ether oxygens (including phenoxy) is 2. The van der Waals surface area contributed by atoms with Gasteiger partial charge in [0.05, 0.1) is 18.0 Å². The van der Waals surface area contributed by atoms with E-state index >= 15 is 0 Å². The van der Waals surface area contributed by atoms with Crippen LogP contribution < -0.4 is 0 Å². The molecule has 0 N–H and O–H groups in total. The van der Waals surface area contributed by atoms with E-state index in [0.717, 1.165) is 12.0 Å². The number of hydrogen-bond acceptors (Lipinski definition) is 7. The molecule has 0 amide bonds. The number of carbonyl (C=O) groups excluding carboxylic acids is 2. The molecule has 1 aromatic rings. The second-order valence-corrected chi connectivity index (χ2v) is 10.7. The lowest BCUT2D eigenvalue weighted by molar-refractivity contribution is -0.384. The first-order chi connectivity index (χ1) is 14.1. The number of nitrogens with zero attached hydrogens (tertiary/aromatic N) is 2. The topological polar surface area (TPSA) is 99.0 Å². The summed E-state index contributed by atoms with van der Waals surface area (Å²) in [5, 5.41) is 10.8. The normalized spacial score (nSPS) is 13.0. The smallest absolute Gasteiger partial charge is 0.320 e. The van der Waals surface area contributed by atoms with Crippen LogP contribution >= 0.6 is 15.9 Å². The maximum Gasteiger partial charge on any atom is 0.320 e. The monoisotopic (exact) mass is 500 g/mol. The van der Waals surface area contributed by atoms with Crippen molar-refractivity contribution in [1.82, 2.24) is 4.90 Å². The molecule has 0 aromatic heterocycles. The number of alkyl halides is 1. The van der Waals surface area contributed by atoms with Crippen LogP contribution in [0.3, 0.4) is 0 Å². The summed E-state index contributed by atoms with van der Waals surface area (Å²) in [6.07, 6.45) is 1.41. The molecule has 1 atom stereocenters. The molecule has 0 aliphatic carbocycles. The first kappa shape index (κ1) is 27.0. The lowest BCUT2D eigenvalue weighted by Gasteiger charge is -2.27. The number of benzene rings is 1. The van der Waals surface area contributed by atoms with E-state index in [0.29, 0.717) is 13.0 Å². The van der Waals surface area contributed by atoms with Crippen molar-refractivity contribution in [3.05, 3.63) is 39.9 Å². The summed E-state index contributed by atoms with van der Waals surface area (Å²) < 4.78 is 10.8. The molecular formula is C22H33BrN2O6. The number of aryl methyl sites for hydroxylation is 1. The van der Waals surface area contributed by atoms with Crippen molar-refractivity contribution in [3.8, 4) is 0 Å². The van der Waals surface area contributed by atoms with Gasteiger partial charge in [0.15, 0.2) is 0 Å². The van der Waals surface area contributed by atoms with Gasteiger partial charge in [-0.3, -0.25) is 24.6 Å². The van der Waals surface area contributed by atoms with Gasteiger partial charge in [0.25, 0.3) is 5.69 Å². The Morgan fingerprint density at radius 3 is 1.84 bits per heavy atom. The lowest BCUT2D eigenvalue weighted by atomic mass is 10.1. The molecular weight excluding hydrogens is 468 g/mol. The van der Waals surface area contributed by atoms with Crippen LogP contribution in [-0.4, -0.2) is 57.4 Å². The van der Waals surface area contributed by atoms with Crippen molar-refractivity contribution in [3.63, 3.8) is 0 Å². The van der Waals surface area contributed by atoms with Gasteiger partial charge in [0, 0.05) is 23.5 Å². The number of esters is 2. The van der Waals surface area contributed by atoms with E-state index < -0.39 is 28.1 Å². The fraction of sp³-hybridized carbons (Fsp3) is 0.636. The standard InChI is InChI=1S/C22H33BrN2O6/c1-21(2,3)30-19(26)14-24(15-20(27)31-22(4,5)6)13-17(23)10-7-16-8-11-18(12-9-16)25(28)29/h8-9,11-12,17H,7,10,13-15H2,1-6H3. The predicted molar refractivity (Wildman–Crippen MR) is 122 cm³/mol. The summed E-state index contributed by atoms with van der Waals surface area (Å²) in [5.74, 6) is -0.822. The maximum absolute atomic E-state index is 12.3. The van der Waals surface area contributed by atoms with Crippen LogP contribution in [0.5, 0.6) is 0 Å². The summed E-state index contributed by atoms with van der Waals surface area (Å²) in [4.78, 5) is 36.6. The minimum atomic E-state index is -0.613. The quantitative estimate of drug-likeness (QED) is 0.204. The molecule has 1 aromatic carbocycles. The number of nitro benzene ring substituents is 1. The van der Waals surface area contributed by atoms with Crippen LogP contribution in [0.15, 0.2) is 24.3 Å². The van der Waals surface area contributed by atoms with E-state index in [2.05, 4.69) is 15.9 Å². The third-order valence-corrected chi connectivity index (χ3v) is 4.64. The minimum absolute atomic E-state index is 0.00688. The number of hydrogen-bond donors (Lipinski definition) is 0. The zero-order valence-electron chi connectivity index (χ0n) is 19.1. The van der Waals surface area contributed by atoms with Gasteiger partial charge in [0.1, 0.15) is 11.2 Å². The Labute approximate surface area is 192 Å². The van der Waals surface area contributed by atoms with Gasteiger partial charge in [-0.05, 0) is 59.9 Å². The van der Waals surface area contributed by atoms with E-state index in [1.165, 1.54) is 12.1 Å². The number of rotatable bonds is 10. The first-order valence-electron chi connectivity index (χ1n) is 10.2. The predicted octanol–water partition coefficient (Wildman–Crippen LogP) is 4.28. The molecule has 174 valence electrons. The molecule has 0 radical (unpaired) electrons. The van der Waals surface area contributed by atoms with Crippen LogP contribution in [0.1, 0.15) is 53.5 Å². The SMILES string of the molecule is CC(C)(C)OC(=O)CN(CC(=O)OC(C)(C)C)CC(Br)CCc1ccc([N+](=O)[O-])cc1. The molecule has 0 saturated carbocycles. The first-order valence-corrected chi connectivity index (χ1v) is 11.1. The van der Waals surface area contributed by atoms with Crippen molar-refractivity contribution in [2.45, 2.75) is 70.4 Å². The van der Waals surface area contributed by atoms with Gasteiger partial charge in [0.2, 0.25) is 0 Å². The van der Waals surface area contributed by atoms with Gasteiger partial charge in [-0.25, -0.2) is 0 Å². The second-order valence-electron chi connectivity index (χ2n) is 9.40. The molecule has 0 aliphatic heterocycles. The van der Waals surface area contributed by atoms with Crippen molar-refractivity contribution in [2.24, 2.45) is 0 Å². The van der Waals surface area contributed by atoms with E-state index in [1.54, 1.807) is 58.6 Å². The van der Waals surface area contributed by atoms with Crippen LogP contribution in [0.25, 0.3) is 0 Å². The van der Waals surface area contributed by atoms with Gasteiger partial charge in [-0.15, -0.1) is 0 Å². The zero-order valence-corrected chi connectivity index (χ0v) is 20.7. The third kappa shape index (κ3) is 12.4. The molecule has 0 fully saturated rings. The second kappa shape index (κ2) is 11.6. The summed E-state index contributed by atoms with van der Waals surface area (Å²) in [7, 11) is 0. The Bertz CT molecular complexity index is 723. The van der Waals surface area contributed by atoms with Crippen LogP contribution in [0.4, 0.5) is 5.69 Å². The van der Waals surface area contributed by atoms with Crippen LogP contribution in [0, 0.1) is 10.1 Å². The molecule has 1 unspecified atom stereocenters. The molecule has 1 rings (SSSR count). The Kier molecular flexibility index (Phi) is 10.1. The van der Waals surface area contributed by atoms with Crippen LogP contribution in [-0.2, 0) is 25.5 Å². The number of nitro groups is 1. The van der Waals surface area contributed by atoms with Gasteiger partial charge in [-0.2, -0.15) is 0 Å². The van der Waals surface area contributed by atoms with E-state index in [1.807, 2.05) is 0 Å². The number of non-ortho nitro benzene ring substituents is 1. The highest BCUT2D eigenvalue weighted by Crippen LogP contribution is 2.17. The molecule has 0 saturated heterocycles. The van der Waals surface area contributed by atoms with Crippen molar-refractivity contribution in [2.75, 3.05) is 19.6 Å². The van der Waals surface area contributed by atoms with Crippen molar-refractivity contribution < 1.29 is 24.0 Å². The van der Waals surface area contributed by atoms with E-state index in [9.17, 15) is 19.7 Å². The van der Waals surface area contributed by atoms with Crippen LogP contribution in [0.2, 0.25) is 0 Å². The zero-order chi connectivity index (χ0) is 23.8. The Morgan fingerprint density at radius 1 is 1.00 bits per heavy atom. The summed E-state index contributed by atoms with van der Waals surface area (Å²) in [6.45, 7) is 11.1. The fourth-order valence-electron chi connectivity index (χ4n) is 2.78. The average Bonchev–Trinajstić information content (AvgIpc) is 2.56. The maximum atomic E-state index is 12.3. The molecule has 9 heteroatoms. The number of carbonyl (C=O) groups is 2. The lowest BCUT2D eigenvalue weighted by Crippen LogP contribution is -2.42. The molecule has 0 aliphatic rings. The largest absolute Gasteiger partial charge is 0.459 e.